The van der Waals surface area contributed by atoms with E-state index in [9.17, 15) is 14.4 Å². The molecule has 1 aromatic carbocycles. The molecule has 2 amide bonds. The highest BCUT2D eigenvalue weighted by molar-refractivity contribution is 6.22. The van der Waals surface area contributed by atoms with Crippen LogP contribution in [0, 0.1) is 0 Å². The summed E-state index contributed by atoms with van der Waals surface area (Å²) < 4.78 is 5.72. The molecule has 1 unspecified atom stereocenters. The summed E-state index contributed by atoms with van der Waals surface area (Å²) in [7, 11) is 0. The van der Waals surface area contributed by atoms with Crippen LogP contribution in [-0.2, 0) is 14.4 Å². The molecule has 2 fully saturated rings. The molecular formula is C21H28N2O4. The number of imide groups is 1. The van der Waals surface area contributed by atoms with Gasteiger partial charge >= 0.3 is 0 Å². The quantitative estimate of drug-likeness (QED) is 0.518. The number of Topliss-reactive ketones (excluding diaryl/α,β-unsaturated/α-hetero) is 1. The van der Waals surface area contributed by atoms with E-state index < -0.39 is 6.04 Å². The summed E-state index contributed by atoms with van der Waals surface area (Å²) in [6.45, 7) is 3.97. The van der Waals surface area contributed by atoms with E-state index in [-0.39, 0.29) is 24.0 Å². The van der Waals surface area contributed by atoms with Crippen LogP contribution in [0.2, 0.25) is 0 Å². The number of hydrogen-bond acceptors (Lipinski definition) is 5. The first-order valence-corrected chi connectivity index (χ1v) is 9.95. The van der Waals surface area contributed by atoms with E-state index in [0.717, 1.165) is 18.6 Å². The van der Waals surface area contributed by atoms with Crippen LogP contribution >= 0.6 is 0 Å². The first kappa shape index (κ1) is 19.5. The number of benzene rings is 1. The maximum atomic E-state index is 12.8. The Kier molecular flexibility index (Phi) is 6.61. The van der Waals surface area contributed by atoms with E-state index in [0.29, 0.717) is 38.2 Å². The molecular weight excluding hydrogens is 344 g/mol. The summed E-state index contributed by atoms with van der Waals surface area (Å²) in [6.07, 6.45) is 5.70. The maximum absolute atomic E-state index is 12.8. The Morgan fingerprint density at radius 1 is 1.00 bits per heavy atom. The Labute approximate surface area is 160 Å². The molecule has 0 aromatic heterocycles. The fraction of sp³-hybridized carbons (Fsp3) is 0.571. The van der Waals surface area contributed by atoms with Crippen LogP contribution in [0.25, 0.3) is 0 Å². The molecule has 6 heteroatoms. The third kappa shape index (κ3) is 4.75. The van der Waals surface area contributed by atoms with Gasteiger partial charge in [0, 0.05) is 25.9 Å². The lowest BCUT2D eigenvalue weighted by Gasteiger charge is -2.29. The number of unbranched alkanes of at least 4 members (excludes halogenated alkanes) is 3. The van der Waals surface area contributed by atoms with Crippen molar-refractivity contribution in [2.75, 3.05) is 24.6 Å². The molecule has 146 valence electrons. The summed E-state index contributed by atoms with van der Waals surface area (Å²) >= 11 is 0. The van der Waals surface area contributed by atoms with Crippen LogP contribution in [0.4, 0.5) is 5.69 Å². The molecule has 2 heterocycles. The highest BCUT2D eigenvalue weighted by atomic mass is 16.5. The Morgan fingerprint density at radius 3 is 2.37 bits per heavy atom. The third-order valence-electron chi connectivity index (χ3n) is 5.28. The second-order valence-electron chi connectivity index (χ2n) is 7.26. The van der Waals surface area contributed by atoms with Gasteiger partial charge in [-0.1, -0.05) is 26.2 Å². The molecule has 0 saturated carbocycles. The highest BCUT2D eigenvalue weighted by Crippen LogP contribution is 2.28. The van der Waals surface area contributed by atoms with Gasteiger partial charge in [-0.2, -0.15) is 0 Å². The number of carbonyl (C=O) groups is 3. The summed E-state index contributed by atoms with van der Waals surface area (Å²) in [4.78, 5) is 39.9. The molecule has 2 aliphatic rings. The number of hydrogen-bond donors (Lipinski definition) is 0. The number of ether oxygens (including phenoxy) is 1. The highest BCUT2D eigenvalue weighted by Gasteiger charge is 2.43. The van der Waals surface area contributed by atoms with E-state index in [4.69, 9.17) is 4.74 Å². The van der Waals surface area contributed by atoms with Crippen LogP contribution in [0.5, 0.6) is 5.75 Å². The standard InChI is InChI=1S/C21H28N2O4/c1-2-3-4-5-14-27-18-8-6-16(7-9-18)23-20(25)15-19(21(23)26)22-12-10-17(24)11-13-22/h6-9,19H,2-5,10-15H2,1H3. The minimum atomic E-state index is -0.444. The molecule has 1 aromatic rings. The second kappa shape index (κ2) is 9.13. The van der Waals surface area contributed by atoms with Gasteiger partial charge in [-0.05, 0) is 30.7 Å². The summed E-state index contributed by atoms with van der Waals surface area (Å²) in [5.41, 5.74) is 0.582. The predicted molar refractivity (Wildman–Crippen MR) is 103 cm³/mol. The Bertz CT molecular complexity index is 676. The monoisotopic (exact) mass is 372 g/mol. The van der Waals surface area contributed by atoms with Gasteiger partial charge in [0.25, 0.3) is 5.91 Å². The lowest BCUT2D eigenvalue weighted by Crippen LogP contribution is -2.46. The van der Waals surface area contributed by atoms with Crippen molar-refractivity contribution in [2.45, 2.75) is 57.9 Å². The van der Waals surface area contributed by atoms with Gasteiger partial charge in [-0.15, -0.1) is 0 Å². The van der Waals surface area contributed by atoms with Gasteiger partial charge < -0.3 is 4.74 Å². The minimum Gasteiger partial charge on any atom is -0.494 e. The largest absolute Gasteiger partial charge is 0.494 e. The first-order chi connectivity index (χ1) is 13.1. The van der Waals surface area contributed by atoms with Gasteiger partial charge in [0.1, 0.15) is 11.5 Å². The van der Waals surface area contributed by atoms with Gasteiger partial charge in [0.05, 0.1) is 24.8 Å². The number of carbonyl (C=O) groups excluding carboxylic acids is 3. The molecule has 6 nitrogen and oxygen atoms in total. The Balaban J connectivity index is 1.58. The topological polar surface area (TPSA) is 66.9 Å². The minimum absolute atomic E-state index is 0.183. The molecule has 27 heavy (non-hydrogen) atoms. The molecule has 0 spiro atoms. The lowest BCUT2D eigenvalue weighted by molar-refractivity contribution is -0.127. The smallest absolute Gasteiger partial charge is 0.251 e. The lowest BCUT2D eigenvalue weighted by atomic mass is 10.1. The van der Waals surface area contributed by atoms with Crippen molar-refractivity contribution in [3.8, 4) is 5.75 Å². The first-order valence-electron chi connectivity index (χ1n) is 9.95. The Morgan fingerprint density at radius 2 is 1.70 bits per heavy atom. The number of piperidine rings is 1. The molecule has 0 bridgehead atoms. The van der Waals surface area contributed by atoms with E-state index in [1.165, 1.54) is 17.7 Å². The summed E-state index contributed by atoms with van der Waals surface area (Å²) in [6, 6.07) is 6.70. The van der Waals surface area contributed by atoms with Crippen molar-refractivity contribution < 1.29 is 19.1 Å². The van der Waals surface area contributed by atoms with E-state index in [1.807, 2.05) is 17.0 Å². The van der Waals surface area contributed by atoms with Gasteiger partial charge in [-0.25, -0.2) is 4.90 Å². The van der Waals surface area contributed by atoms with Crippen molar-refractivity contribution in [3.05, 3.63) is 24.3 Å². The molecule has 0 N–H and O–H groups in total. The molecule has 1 atom stereocenters. The fourth-order valence-electron chi connectivity index (χ4n) is 3.67. The molecule has 3 rings (SSSR count). The fourth-order valence-corrected chi connectivity index (χ4v) is 3.67. The maximum Gasteiger partial charge on any atom is 0.251 e. The van der Waals surface area contributed by atoms with Crippen molar-refractivity contribution in [1.82, 2.24) is 4.90 Å². The number of anilines is 1. The molecule has 0 radical (unpaired) electrons. The average molecular weight is 372 g/mol. The van der Waals surface area contributed by atoms with Crippen LogP contribution in [-0.4, -0.2) is 48.2 Å². The van der Waals surface area contributed by atoms with Crippen molar-refractivity contribution in [3.63, 3.8) is 0 Å². The predicted octanol–water partition coefficient (Wildman–Crippen LogP) is 2.94. The van der Waals surface area contributed by atoms with E-state index in [2.05, 4.69) is 6.92 Å². The van der Waals surface area contributed by atoms with Crippen LogP contribution in [0.15, 0.2) is 24.3 Å². The van der Waals surface area contributed by atoms with Crippen molar-refractivity contribution >= 4 is 23.3 Å². The SMILES string of the molecule is CCCCCCOc1ccc(N2C(=O)CC(N3CCC(=O)CC3)C2=O)cc1. The van der Waals surface area contributed by atoms with Crippen LogP contribution in [0.1, 0.15) is 51.9 Å². The molecule has 2 saturated heterocycles. The zero-order chi connectivity index (χ0) is 19.2. The molecule has 0 aliphatic carbocycles. The van der Waals surface area contributed by atoms with E-state index in [1.54, 1.807) is 12.1 Å². The zero-order valence-electron chi connectivity index (χ0n) is 16.0. The van der Waals surface area contributed by atoms with E-state index >= 15 is 0 Å². The summed E-state index contributed by atoms with van der Waals surface area (Å²) in [5, 5.41) is 0. The zero-order valence-corrected chi connectivity index (χ0v) is 16.0. The average Bonchev–Trinajstić information content (AvgIpc) is 2.97. The van der Waals surface area contributed by atoms with Crippen molar-refractivity contribution in [1.29, 1.82) is 0 Å². The van der Waals surface area contributed by atoms with Gasteiger partial charge in [0.15, 0.2) is 0 Å². The second-order valence-corrected chi connectivity index (χ2v) is 7.26. The van der Waals surface area contributed by atoms with Crippen LogP contribution < -0.4 is 9.64 Å². The third-order valence-corrected chi connectivity index (χ3v) is 5.28. The number of ketones is 1. The Hall–Kier alpha value is -2.21. The van der Waals surface area contributed by atoms with Gasteiger partial charge in [-0.3, -0.25) is 19.3 Å². The summed E-state index contributed by atoms with van der Waals surface area (Å²) in [5.74, 6) is 0.600. The molecule has 2 aliphatic heterocycles. The van der Waals surface area contributed by atoms with Gasteiger partial charge in [0.2, 0.25) is 5.91 Å². The van der Waals surface area contributed by atoms with Crippen LogP contribution in [0.3, 0.4) is 0 Å². The number of rotatable bonds is 8. The van der Waals surface area contributed by atoms with Crippen molar-refractivity contribution in [2.24, 2.45) is 0 Å². The number of amides is 2. The normalized spacial score (nSPS) is 21.1. The number of likely N-dealkylation sites (tertiary alicyclic amines) is 1. The number of nitrogens with zero attached hydrogens (tertiary/aromatic N) is 2.